The molecule has 0 fully saturated rings. The Morgan fingerprint density at radius 2 is 0.567 bits per heavy atom. The monoisotopic (exact) mass is 1320 g/mol. The van der Waals surface area contributed by atoms with Crippen LogP contribution in [-0.2, 0) is 65.4 Å². The van der Waals surface area contributed by atoms with Crippen molar-refractivity contribution >= 4 is 39.5 Å². The van der Waals surface area contributed by atoms with E-state index in [0.717, 1.165) is 108 Å². The number of aliphatic hydroxyl groups excluding tert-OH is 1. The lowest BCUT2D eigenvalue weighted by Gasteiger charge is -2.21. The van der Waals surface area contributed by atoms with E-state index >= 15 is 0 Å². The van der Waals surface area contributed by atoms with E-state index in [2.05, 4.69) is 48.5 Å². The predicted octanol–water partition coefficient (Wildman–Crippen LogP) is 20.2. The van der Waals surface area contributed by atoms with Gasteiger partial charge in [-0.05, 0) is 43.4 Å². The van der Waals surface area contributed by atoms with Crippen LogP contribution in [0, 0.1) is 17.8 Å². The Labute approximate surface area is 549 Å². The maximum absolute atomic E-state index is 13.0. The number of esters is 4. The summed E-state index contributed by atoms with van der Waals surface area (Å²) in [6, 6.07) is 0. The van der Waals surface area contributed by atoms with Gasteiger partial charge in [-0.25, -0.2) is 9.13 Å². The maximum Gasteiger partial charge on any atom is 0.472 e. The summed E-state index contributed by atoms with van der Waals surface area (Å²) in [6.07, 6.45) is 45.8. The zero-order valence-electron chi connectivity index (χ0n) is 58.6. The second kappa shape index (κ2) is 61.9. The van der Waals surface area contributed by atoms with Crippen LogP contribution >= 0.6 is 15.6 Å². The number of hydrogen-bond acceptors (Lipinski definition) is 15. The van der Waals surface area contributed by atoms with Crippen molar-refractivity contribution in [3.63, 3.8) is 0 Å². The third-order valence-electron chi connectivity index (χ3n) is 16.7. The Morgan fingerprint density at radius 3 is 0.844 bits per heavy atom. The Hall–Kier alpha value is -1.94. The molecule has 19 heteroatoms. The first-order valence-electron chi connectivity index (χ1n) is 36.9. The van der Waals surface area contributed by atoms with Crippen LogP contribution in [0.3, 0.4) is 0 Å². The van der Waals surface area contributed by atoms with Crippen molar-refractivity contribution < 1.29 is 80.2 Å². The van der Waals surface area contributed by atoms with E-state index in [1.54, 1.807) is 0 Å². The van der Waals surface area contributed by atoms with Gasteiger partial charge in [0, 0.05) is 25.7 Å². The summed E-state index contributed by atoms with van der Waals surface area (Å²) in [7, 11) is -9.90. The van der Waals surface area contributed by atoms with E-state index in [0.29, 0.717) is 31.6 Å². The number of phosphoric ester groups is 2. The van der Waals surface area contributed by atoms with Gasteiger partial charge >= 0.3 is 39.5 Å². The Morgan fingerprint density at radius 1 is 0.322 bits per heavy atom. The number of phosphoric acid groups is 2. The quantitative estimate of drug-likeness (QED) is 0.0222. The highest BCUT2D eigenvalue weighted by Crippen LogP contribution is 2.45. The molecule has 0 saturated carbocycles. The van der Waals surface area contributed by atoms with Crippen LogP contribution in [0.5, 0.6) is 0 Å². The van der Waals surface area contributed by atoms with Crippen LogP contribution in [0.1, 0.15) is 357 Å². The van der Waals surface area contributed by atoms with Crippen molar-refractivity contribution in [1.29, 1.82) is 0 Å². The van der Waals surface area contributed by atoms with E-state index in [1.807, 2.05) is 0 Å². The van der Waals surface area contributed by atoms with Crippen molar-refractivity contribution in [3.8, 4) is 0 Å². The average Bonchev–Trinajstić information content (AvgIpc) is 3.58. The summed E-state index contributed by atoms with van der Waals surface area (Å²) in [5, 5.41) is 10.6. The summed E-state index contributed by atoms with van der Waals surface area (Å²) in [5.41, 5.74) is 0. The maximum atomic E-state index is 13.0. The normalized spacial score (nSPS) is 14.5. The van der Waals surface area contributed by atoms with Crippen molar-refractivity contribution in [2.75, 3.05) is 39.6 Å². The number of hydrogen-bond donors (Lipinski definition) is 3. The molecule has 17 nitrogen and oxygen atoms in total. The van der Waals surface area contributed by atoms with Crippen molar-refractivity contribution in [2.45, 2.75) is 375 Å². The fourth-order valence-electron chi connectivity index (χ4n) is 10.7. The highest BCUT2D eigenvalue weighted by molar-refractivity contribution is 7.47. The van der Waals surface area contributed by atoms with Crippen LogP contribution in [0.15, 0.2) is 0 Å². The second-order valence-electron chi connectivity index (χ2n) is 26.8. The van der Waals surface area contributed by atoms with Crippen LogP contribution in [-0.4, -0.2) is 96.7 Å². The summed E-state index contributed by atoms with van der Waals surface area (Å²) in [5.74, 6) is 0.109. The summed E-state index contributed by atoms with van der Waals surface area (Å²) >= 11 is 0. The molecule has 0 rings (SSSR count). The molecule has 0 amide bonds. The molecule has 0 aromatic heterocycles. The third-order valence-corrected chi connectivity index (χ3v) is 18.6. The number of aliphatic hydroxyl groups is 1. The topological polar surface area (TPSA) is 237 Å². The molecule has 0 radical (unpaired) electrons. The Balaban J connectivity index is 5.25. The minimum atomic E-state index is -4.95. The summed E-state index contributed by atoms with van der Waals surface area (Å²) < 4.78 is 68.3. The average molecular weight is 1330 g/mol. The number of carbonyl (C=O) groups is 4. The first kappa shape index (κ1) is 88.1. The highest BCUT2D eigenvalue weighted by atomic mass is 31.2. The van der Waals surface area contributed by atoms with Crippen LogP contribution in [0.2, 0.25) is 0 Å². The minimum Gasteiger partial charge on any atom is -0.462 e. The van der Waals surface area contributed by atoms with Crippen LogP contribution < -0.4 is 0 Å². The van der Waals surface area contributed by atoms with Crippen molar-refractivity contribution in [3.05, 3.63) is 0 Å². The molecule has 0 heterocycles. The number of carbonyl (C=O) groups excluding carboxylic acids is 4. The van der Waals surface area contributed by atoms with Gasteiger partial charge in [0.15, 0.2) is 12.2 Å². The van der Waals surface area contributed by atoms with E-state index < -0.39 is 97.5 Å². The molecule has 0 aliphatic carbocycles. The van der Waals surface area contributed by atoms with Gasteiger partial charge in [-0.15, -0.1) is 0 Å². The highest BCUT2D eigenvalue weighted by Gasteiger charge is 2.30. The summed E-state index contributed by atoms with van der Waals surface area (Å²) in [6.45, 7) is 11.8. The van der Waals surface area contributed by atoms with Crippen molar-refractivity contribution in [1.82, 2.24) is 0 Å². The lowest BCUT2D eigenvalue weighted by molar-refractivity contribution is -0.161. The molecular formula is C71H138O17P2. The molecule has 0 saturated heterocycles. The first-order chi connectivity index (χ1) is 43.3. The minimum absolute atomic E-state index is 0.104. The largest absolute Gasteiger partial charge is 0.472 e. The fourth-order valence-corrected chi connectivity index (χ4v) is 12.3. The van der Waals surface area contributed by atoms with Gasteiger partial charge in [-0.3, -0.25) is 37.3 Å². The lowest BCUT2D eigenvalue weighted by Crippen LogP contribution is -2.30. The molecule has 0 aliphatic rings. The molecular weight excluding hydrogens is 1190 g/mol. The van der Waals surface area contributed by atoms with E-state index in [-0.39, 0.29) is 25.7 Å². The van der Waals surface area contributed by atoms with Gasteiger partial charge in [0.25, 0.3) is 0 Å². The van der Waals surface area contributed by atoms with Gasteiger partial charge in [0.1, 0.15) is 19.3 Å². The third kappa shape index (κ3) is 63.5. The van der Waals surface area contributed by atoms with E-state index in [4.69, 9.17) is 37.0 Å². The molecule has 3 N–H and O–H groups in total. The molecule has 0 aromatic rings. The number of ether oxygens (including phenoxy) is 4. The SMILES string of the molecule is CCCCCCCCCCCCCCCC(=O)OC[C@H](COP(=O)(O)OC[C@@H](O)COP(=O)(O)OC[C@@H](COC(=O)CCCCCCCCC(C)C)OC(=O)CCCCCCCCCCC(C)CC)OC(=O)CCCCCCCCCCCCCCCC(C)C. The molecule has 3 unspecified atom stereocenters. The lowest BCUT2D eigenvalue weighted by atomic mass is 9.99. The number of rotatable bonds is 69. The molecule has 534 valence electrons. The van der Waals surface area contributed by atoms with E-state index in [1.165, 1.54) is 161 Å². The molecule has 90 heavy (non-hydrogen) atoms. The molecule has 0 aliphatic heterocycles. The summed E-state index contributed by atoms with van der Waals surface area (Å²) in [4.78, 5) is 72.6. The molecule has 6 atom stereocenters. The van der Waals surface area contributed by atoms with Gasteiger partial charge in [-0.1, -0.05) is 305 Å². The van der Waals surface area contributed by atoms with Crippen LogP contribution in [0.4, 0.5) is 0 Å². The molecule has 0 aromatic carbocycles. The van der Waals surface area contributed by atoms with E-state index in [9.17, 15) is 43.2 Å². The first-order valence-corrected chi connectivity index (χ1v) is 39.9. The van der Waals surface area contributed by atoms with Gasteiger partial charge in [-0.2, -0.15) is 0 Å². The molecule has 0 bridgehead atoms. The Bertz CT molecular complexity index is 1770. The zero-order valence-corrected chi connectivity index (χ0v) is 60.4. The number of unbranched alkanes of at least 4 members (excludes halogenated alkanes) is 36. The Kier molecular flexibility index (Phi) is 60.6. The smallest absolute Gasteiger partial charge is 0.462 e. The second-order valence-corrected chi connectivity index (χ2v) is 29.7. The van der Waals surface area contributed by atoms with Gasteiger partial charge in [0.05, 0.1) is 26.4 Å². The van der Waals surface area contributed by atoms with Crippen LogP contribution in [0.25, 0.3) is 0 Å². The molecule has 0 spiro atoms. The zero-order chi connectivity index (χ0) is 66.6. The standard InChI is InChI=1S/C71H138O17P2/c1-8-10-11-12-13-14-15-17-21-24-30-38-45-52-68(73)81-58-66(87-70(75)54-47-40-31-25-22-19-16-18-20-23-28-35-42-49-62(3)4)60-85-89(77,78)83-56-65(72)57-84-90(79,80)86-61-67(59-82-69(74)53-46-39-34-33-36-43-50-63(5)6)88-71(76)55-48-41-32-27-26-29-37-44-51-64(7)9-2/h62-67,72H,8-61H2,1-7H3,(H,77,78)(H,79,80)/t64?,65-,66-,67-/m1/s1. The van der Waals surface area contributed by atoms with Gasteiger partial charge < -0.3 is 33.8 Å². The van der Waals surface area contributed by atoms with Crippen molar-refractivity contribution in [2.24, 2.45) is 17.8 Å². The fraction of sp³-hybridized carbons (Fsp3) is 0.944. The predicted molar refractivity (Wildman–Crippen MR) is 363 cm³/mol. The van der Waals surface area contributed by atoms with Gasteiger partial charge in [0.2, 0.25) is 0 Å².